The van der Waals surface area contributed by atoms with Crippen molar-refractivity contribution >= 4 is 70.7 Å². The van der Waals surface area contributed by atoms with Crippen molar-refractivity contribution in [1.82, 2.24) is 9.80 Å². The number of nitrogens with zero attached hydrogens (tertiary/aromatic N) is 2. The number of imide groups is 2. The highest BCUT2D eigenvalue weighted by Crippen LogP contribution is 2.68. The molecular weight excluding hydrogens is 677 g/mol. The molecule has 8 aliphatic rings. The number of unbranched alkanes of at least 4 members (excludes halogenated alkanes) is 6. The lowest BCUT2D eigenvalue weighted by molar-refractivity contribution is -0.183. The minimum atomic E-state index is -0.264. The maximum Gasteiger partial charge on any atom is 0.233 e. The number of thioether (sulfide) groups is 4. The highest BCUT2D eigenvalue weighted by atomic mass is 32.2. The number of carbonyl (C=O) groups is 4. The Balaban J connectivity index is 1.22. The number of carbonyl (C=O) groups excluding carboxylic acids is 4. The molecule has 0 bridgehead atoms. The number of likely N-dealkylation sites (tertiary alicyclic amines) is 2. The number of fused-ring (bicyclic) bond motifs is 8. The van der Waals surface area contributed by atoms with Gasteiger partial charge in [0.2, 0.25) is 23.6 Å². The first-order chi connectivity index (χ1) is 23.4. The van der Waals surface area contributed by atoms with E-state index in [9.17, 15) is 19.2 Å². The summed E-state index contributed by atoms with van der Waals surface area (Å²) in [7, 11) is 0. The summed E-state index contributed by atoms with van der Waals surface area (Å²) in [6.07, 6.45) is 18.0. The highest BCUT2D eigenvalue weighted by molar-refractivity contribution is 8.08. The number of amides is 4. The molecule has 0 radical (unpaired) electrons. The van der Waals surface area contributed by atoms with Crippen molar-refractivity contribution in [3.05, 3.63) is 0 Å². The molecule has 12 atom stereocenters. The molecule has 0 N–H and O–H groups in total. The van der Waals surface area contributed by atoms with Crippen LogP contribution in [0, 0.1) is 35.5 Å². The van der Waals surface area contributed by atoms with Gasteiger partial charge in [0.25, 0.3) is 0 Å². The number of piperidine rings is 2. The zero-order valence-electron chi connectivity index (χ0n) is 29.0. The van der Waals surface area contributed by atoms with Gasteiger partial charge in [-0.1, -0.05) is 78.1 Å². The topological polar surface area (TPSA) is 74.8 Å². The van der Waals surface area contributed by atoms with Gasteiger partial charge >= 0.3 is 0 Å². The first-order valence-electron chi connectivity index (χ1n) is 19.8. The predicted octanol–water partition coefficient (Wildman–Crippen LogP) is 7.67. The van der Waals surface area contributed by atoms with E-state index >= 15 is 0 Å². The smallest absolute Gasteiger partial charge is 0.233 e. The molecule has 266 valence electrons. The Morgan fingerprint density at radius 1 is 0.458 bits per heavy atom. The van der Waals surface area contributed by atoms with Crippen molar-refractivity contribution in [3.63, 3.8) is 0 Å². The highest BCUT2D eigenvalue weighted by Gasteiger charge is 2.73. The van der Waals surface area contributed by atoms with Crippen molar-refractivity contribution in [2.24, 2.45) is 35.5 Å². The summed E-state index contributed by atoms with van der Waals surface area (Å²) in [4.78, 5) is 63.1. The Morgan fingerprint density at radius 2 is 0.750 bits per heavy atom. The molecule has 0 aromatic heterocycles. The van der Waals surface area contributed by atoms with Gasteiger partial charge in [0.1, 0.15) is 0 Å². The second kappa shape index (κ2) is 14.6. The molecule has 10 heteroatoms. The molecule has 0 aromatic rings. The van der Waals surface area contributed by atoms with Crippen LogP contribution >= 0.6 is 47.0 Å². The van der Waals surface area contributed by atoms with E-state index in [0.29, 0.717) is 34.1 Å². The van der Waals surface area contributed by atoms with Gasteiger partial charge in [0.15, 0.2) is 0 Å². The van der Waals surface area contributed by atoms with Crippen LogP contribution in [0.2, 0.25) is 0 Å². The number of rotatable bonds is 10. The Kier molecular flexibility index (Phi) is 10.6. The third-order valence-corrected chi connectivity index (χ3v) is 21.4. The number of hydrogen-bond donors (Lipinski definition) is 0. The molecule has 0 spiro atoms. The average Bonchev–Trinajstić information content (AvgIpc) is 3.09. The fraction of sp³-hybridized carbons (Fsp3) is 0.895. The molecule has 4 aliphatic carbocycles. The maximum atomic E-state index is 14.9. The van der Waals surface area contributed by atoms with Crippen LogP contribution in [-0.4, -0.2) is 88.5 Å². The van der Waals surface area contributed by atoms with Crippen molar-refractivity contribution in [3.8, 4) is 0 Å². The molecule has 8 rings (SSSR count). The van der Waals surface area contributed by atoms with E-state index in [4.69, 9.17) is 0 Å². The van der Waals surface area contributed by atoms with Crippen LogP contribution in [-0.2, 0) is 19.2 Å². The summed E-state index contributed by atoms with van der Waals surface area (Å²) in [5.41, 5.74) is 0. The molecule has 6 nitrogen and oxygen atoms in total. The van der Waals surface area contributed by atoms with E-state index in [1.807, 2.05) is 47.0 Å². The van der Waals surface area contributed by atoms with Crippen LogP contribution in [0.1, 0.15) is 117 Å². The van der Waals surface area contributed by atoms with Gasteiger partial charge in [-0.25, -0.2) is 0 Å². The molecule has 12 unspecified atom stereocenters. The van der Waals surface area contributed by atoms with Gasteiger partial charge in [-0.2, -0.15) is 47.0 Å². The normalized spacial score (nSPS) is 44.8. The third-order valence-electron chi connectivity index (χ3n) is 13.5. The second-order valence-electron chi connectivity index (χ2n) is 16.2. The van der Waals surface area contributed by atoms with Gasteiger partial charge in [-0.05, 0) is 50.4 Å². The summed E-state index contributed by atoms with van der Waals surface area (Å²) in [5.74, 6) is -1.28. The quantitative estimate of drug-likeness (QED) is 0.168. The maximum absolute atomic E-state index is 14.9. The molecule has 4 amide bonds. The van der Waals surface area contributed by atoms with Crippen LogP contribution < -0.4 is 0 Å². The van der Waals surface area contributed by atoms with E-state index in [2.05, 4.69) is 13.8 Å². The fourth-order valence-electron chi connectivity index (χ4n) is 11.3. The Morgan fingerprint density at radius 3 is 1.02 bits per heavy atom. The minimum Gasteiger partial charge on any atom is -0.282 e. The molecule has 4 heterocycles. The van der Waals surface area contributed by atoms with E-state index in [1.54, 1.807) is 9.80 Å². The SMILES string of the molecule is CCCCCCN1C(=O)C2C3SC4CCCCC4SC3C3C(=O)N(CCCCCC)C(=O)C4C5SC6CCCCC6SC5C(C1=O)C2C34. The van der Waals surface area contributed by atoms with Gasteiger partial charge < -0.3 is 0 Å². The van der Waals surface area contributed by atoms with Gasteiger partial charge in [0, 0.05) is 55.1 Å². The van der Waals surface area contributed by atoms with E-state index in [0.717, 1.165) is 51.4 Å². The average molecular weight is 733 g/mol. The fourth-order valence-corrected chi connectivity index (χ4v) is 20.1. The van der Waals surface area contributed by atoms with Crippen molar-refractivity contribution in [2.75, 3.05) is 13.1 Å². The van der Waals surface area contributed by atoms with Gasteiger partial charge in [-0.3, -0.25) is 29.0 Å². The molecule has 48 heavy (non-hydrogen) atoms. The Hall–Kier alpha value is -0.320. The first-order valence-corrected chi connectivity index (χ1v) is 23.5. The Labute approximate surface area is 305 Å². The molecule has 4 saturated heterocycles. The zero-order valence-corrected chi connectivity index (χ0v) is 32.2. The van der Waals surface area contributed by atoms with Gasteiger partial charge in [-0.15, -0.1) is 0 Å². The molecule has 4 saturated carbocycles. The van der Waals surface area contributed by atoms with E-state index in [-0.39, 0.29) is 80.1 Å². The lowest BCUT2D eigenvalue weighted by Gasteiger charge is -2.66. The monoisotopic (exact) mass is 732 g/mol. The summed E-state index contributed by atoms with van der Waals surface area (Å²) in [6, 6.07) is 0. The Bertz CT molecular complexity index is 1090. The largest absolute Gasteiger partial charge is 0.282 e. The van der Waals surface area contributed by atoms with Crippen LogP contribution in [0.3, 0.4) is 0 Å². The van der Waals surface area contributed by atoms with Crippen LogP contribution in [0.15, 0.2) is 0 Å². The van der Waals surface area contributed by atoms with Crippen molar-refractivity contribution in [2.45, 2.75) is 159 Å². The van der Waals surface area contributed by atoms with Crippen molar-refractivity contribution < 1.29 is 19.2 Å². The number of hydrogen-bond acceptors (Lipinski definition) is 8. The van der Waals surface area contributed by atoms with Gasteiger partial charge in [0.05, 0.1) is 23.7 Å². The predicted molar refractivity (Wildman–Crippen MR) is 200 cm³/mol. The molecule has 4 aliphatic heterocycles. The lowest BCUT2D eigenvalue weighted by Crippen LogP contribution is -2.76. The summed E-state index contributed by atoms with van der Waals surface area (Å²) in [5, 5.41) is 2.24. The van der Waals surface area contributed by atoms with Crippen LogP contribution in [0.25, 0.3) is 0 Å². The summed E-state index contributed by atoms with van der Waals surface area (Å²) < 4.78 is 0. The van der Waals surface area contributed by atoms with Crippen LogP contribution in [0.5, 0.6) is 0 Å². The zero-order chi connectivity index (χ0) is 33.1. The van der Waals surface area contributed by atoms with Crippen LogP contribution in [0.4, 0.5) is 0 Å². The van der Waals surface area contributed by atoms with E-state index < -0.39 is 0 Å². The van der Waals surface area contributed by atoms with E-state index in [1.165, 1.54) is 51.4 Å². The second-order valence-corrected chi connectivity index (χ2v) is 21.8. The molecule has 0 aromatic carbocycles. The summed E-state index contributed by atoms with van der Waals surface area (Å²) >= 11 is 8.14. The first kappa shape index (κ1) is 34.7. The standard InChI is InChI=1S/C38H56N2O4S4/c1-3-5-7-13-19-39-35(41)27-25-26-29(33-31(27)45-21-15-9-11-17-23(21)47-33)37(43)40(20-14-8-6-4-2)38(44)30(26)34-32(28(25)36(39)42)46-22-16-10-12-18-24(22)48-34/h21-34H,3-20H2,1-2H3. The molecule has 8 fully saturated rings. The minimum absolute atomic E-state index is 0.0386. The summed E-state index contributed by atoms with van der Waals surface area (Å²) in [6.45, 7) is 5.46. The third kappa shape index (κ3) is 5.77. The van der Waals surface area contributed by atoms with Crippen molar-refractivity contribution in [1.29, 1.82) is 0 Å². The lowest BCUT2D eigenvalue weighted by atomic mass is 9.50. The molecular formula is C38H56N2O4S4.